The molecule has 0 aliphatic carbocycles. The molecule has 1 heterocycles. The molecule has 0 atom stereocenters. The van der Waals surface area contributed by atoms with Gasteiger partial charge < -0.3 is 9.64 Å². The summed E-state index contributed by atoms with van der Waals surface area (Å²) in [5, 5.41) is 0. The third-order valence-electron chi connectivity index (χ3n) is 4.09. The van der Waals surface area contributed by atoms with Crippen LogP contribution in [0.1, 0.15) is 23.2 Å². The van der Waals surface area contributed by atoms with Crippen LogP contribution in [0.2, 0.25) is 0 Å². The SMILES string of the molecule is COC(=O)c1ccccc1S(=O)(=O)Nc1ccc(N2CCCC2=O)cc1. The van der Waals surface area contributed by atoms with Crippen molar-refractivity contribution in [2.24, 2.45) is 0 Å². The summed E-state index contributed by atoms with van der Waals surface area (Å²) in [6.45, 7) is 0.663. The van der Waals surface area contributed by atoms with Crippen molar-refractivity contribution in [3.05, 3.63) is 54.1 Å². The Labute approximate surface area is 151 Å². The summed E-state index contributed by atoms with van der Waals surface area (Å²) in [7, 11) is -2.78. The molecule has 1 fully saturated rings. The van der Waals surface area contributed by atoms with Crippen molar-refractivity contribution in [3.8, 4) is 0 Å². The first-order chi connectivity index (χ1) is 12.4. The molecule has 8 heteroatoms. The highest BCUT2D eigenvalue weighted by molar-refractivity contribution is 7.92. The average molecular weight is 374 g/mol. The second-order valence-electron chi connectivity index (χ2n) is 5.79. The minimum Gasteiger partial charge on any atom is -0.465 e. The van der Waals surface area contributed by atoms with E-state index in [2.05, 4.69) is 9.46 Å². The molecule has 0 radical (unpaired) electrons. The van der Waals surface area contributed by atoms with Crippen molar-refractivity contribution in [2.45, 2.75) is 17.7 Å². The smallest absolute Gasteiger partial charge is 0.339 e. The van der Waals surface area contributed by atoms with Crippen molar-refractivity contribution >= 4 is 33.3 Å². The minimum absolute atomic E-state index is 0.0400. The Morgan fingerprint density at radius 2 is 1.81 bits per heavy atom. The van der Waals surface area contributed by atoms with Gasteiger partial charge in [0.1, 0.15) is 4.90 Å². The molecule has 2 aromatic carbocycles. The van der Waals surface area contributed by atoms with Gasteiger partial charge in [0.05, 0.1) is 12.7 Å². The van der Waals surface area contributed by atoms with E-state index >= 15 is 0 Å². The zero-order chi connectivity index (χ0) is 18.7. The maximum absolute atomic E-state index is 12.7. The first-order valence-electron chi connectivity index (χ1n) is 8.03. The summed E-state index contributed by atoms with van der Waals surface area (Å²) in [4.78, 5) is 25.1. The molecule has 1 amide bonds. The van der Waals surface area contributed by atoms with E-state index in [1.165, 1.54) is 25.3 Å². The quantitative estimate of drug-likeness (QED) is 0.811. The monoisotopic (exact) mass is 374 g/mol. The van der Waals surface area contributed by atoms with E-state index < -0.39 is 16.0 Å². The van der Waals surface area contributed by atoms with Crippen LogP contribution in [0, 0.1) is 0 Å². The Kier molecular flexibility index (Phi) is 4.94. The zero-order valence-corrected chi connectivity index (χ0v) is 15.0. The van der Waals surface area contributed by atoms with Gasteiger partial charge in [-0.2, -0.15) is 0 Å². The van der Waals surface area contributed by atoms with Gasteiger partial charge >= 0.3 is 5.97 Å². The lowest BCUT2D eigenvalue weighted by Crippen LogP contribution is -2.23. The van der Waals surface area contributed by atoms with E-state index in [0.29, 0.717) is 18.7 Å². The molecule has 0 aromatic heterocycles. The van der Waals surface area contributed by atoms with Crippen LogP contribution in [0.25, 0.3) is 0 Å². The normalized spacial score (nSPS) is 14.3. The Morgan fingerprint density at radius 3 is 2.42 bits per heavy atom. The molecule has 1 aliphatic heterocycles. The summed E-state index contributed by atoms with van der Waals surface area (Å²) in [5.74, 6) is -0.667. The number of sulfonamides is 1. The lowest BCUT2D eigenvalue weighted by molar-refractivity contribution is -0.117. The Balaban J connectivity index is 1.84. The second kappa shape index (κ2) is 7.17. The number of hydrogen-bond donors (Lipinski definition) is 1. The Hall–Kier alpha value is -2.87. The first kappa shape index (κ1) is 17.9. The number of hydrogen-bond acceptors (Lipinski definition) is 5. The van der Waals surface area contributed by atoms with Gasteiger partial charge in [-0.15, -0.1) is 0 Å². The lowest BCUT2D eigenvalue weighted by Gasteiger charge is -2.16. The molecule has 0 saturated carbocycles. The number of esters is 1. The van der Waals surface area contributed by atoms with E-state index in [-0.39, 0.29) is 16.4 Å². The van der Waals surface area contributed by atoms with Crippen LogP contribution in [0.3, 0.4) is 0 Å². The Morgan fingerprint density at radius 1 is 1.12 bits per heavy atom. The molecule has 7 nitrogen and oxygen atoms in total. The zero-order valence-electron chi connectivity index (χ0n) is 14.1. The number of ether oxygens (including phenoxy) is 1. The standard InChI is InChI=1S/C18H18N2O5S/c1-25-18(22)15-5-2-3-6-16(15)26(23,24)19-13-8-10-14(11-9-13)20-12-4-7-17(20)21/h2-3,5-6,8-11,19H,4,7,12H2,1H3. The fraction of sp³-hybridized carbons (Fsp3) is 0.222. The summed E-state index contributed by atoms with van der Waals surface area (Å²) in [6, 6.07) is 12.4. The van der Waals surface area contributed by atoms with Crippen molar-refractivity contribution in [3.63, 3.8) is 0 Å². The number of benzene rings is 2. The number of methoxy groups -OCH3 is 1. The second-order valence-corrected chi connectivity index (χ2v) is 7.44. The van der Waals surface area contributed by atoms with Gasteiger partial charge in [-0.3, -0.25) is 9.52 Å². The van der Waals surface area contributed by atoms with Crippen LogP contribution < -0.4 is 9.62 Å². The van der Waals surface area contributed by atoms with Crippen LogP contribution in [-0.2, 0) is 19.6 Å². The fourth-order valence-electron chi connectivity index (χ4n) is 2.82. The molecular formula is C18H18N2O5S. The highest BCUT2D eigenvalue weighted by atomic mass is 32.2. The van der Waals surface area contributed by atoms with Gasteiger partial charge in [0.25, 0.3) is 10.0 Å². The fourth-order valence-corrected chi connectivity index (χ4v) is 4.08. The average Bonchev–Trinajstić information content (AvgIpc) is 3.07. The number of carbonyl (C=O) groups is 2. The van der Waals surface area contributed by atoms with Gasteiger partial charge in [-0.25, -0.2) is 13.2 Å². The number of amides is 1. The maximum atomic E-state index is 12.7. The van der Waals surface area contributed by atoms with Gasteiger partial charge in [0.2, 0.25) is 5.91 Å². The molecule has 136 valence electrons. The summed E-state index contributed by atoms with van der Waals surface area (Å²) >= 11 is 0. The largest absolute Gasteiger partial charge is 0.465 e. The summed E-state index contributed by atoms with van der Waals surface area (Å²) in [6.07, 6.45) is 1.34. The predicted molar refractivity (Wildman–Crippen MR) is 96.6 cm³/mol. The van der Waals surface area contributed by atoms with Crippen molar-refractivity contribution < 1.29 is 22.7 Å². The van der Waals surface area contributed by atoms with Crippen LogP contribution in [-0.4, -0.2) is 33.9 Å². The maximum Gasteiger partial charge on any atom is 0.339 e. The topological polar surface area (TPSA) is 92.8 Å². The van der Waals surface area contributed by atoms with Gasteiger partial charge in [-0.05, 0) is 42.8 Å². The number of carbonyl (C=O) groups excluding carboxylic acids is 2. The number of anilines is 2. The van der Waals surface area contributed by atoms with Crippen LogP contribution in [0.15, 0.2) is 53.4 Å². The number of nitrogens with zero attached hydrogens (tertiary/aromatic N) is 1. The molecule has 1 aliphatic rings. The van der Waals surface area contributed by atoms with E-state index in [1.807, 2.05) is 0 Å². The van der Waals surface area contributed by atoms with E-state index in [9.17, 15) is 18.0 Å². The van der Waals surface area contributed by atoms with Crippen molar-refractivity contribution in [2.75, 3.05) is 23.3 Å². The van der Waals surface area contributed by atoms with Gasteiger partial charge in [-0.1, -0.05) is 12.1 Å². The highest BCUT2D eigenvalue weighted by Gasteiger charge is 2.24. The van der Waals surface area contributed by atoms with E-state index in [1.54, 1.807) is 35.2 Å². The van der Waals surface area contributed by atoms with Gasteiger partial charge in [0, 0.05) is 24.3 Å². The summed E-state index contributed by atoms with van der Waals surface area (Å²) < 4.78 is 32.4. The van der Waals surface area contributed by atoms with E-state index in [4.69, 9.17) is 0 Å². The Bertz CT molecular complexity index is 938. The highest BCUT2D eigenvalue weighted by Crippen LogP contribution is 2.25. The molecular weight excluding hydrogens is 356 g/mol. The van der Waals surface area contributed by atoms with Crippen LogP contribution >= 0.6 is 0 Å². The van der Waals surface area contributed by atoms with Gasteiger partial charge in [0.15, 0.2) is 0 Å². The molecule has 1 saturated heterocycles. The molecule has 0 bridgehead atoms. The third-order valence-corrected chi connectivity index (χ3v) is 5.53. The minimum atomic E-state index is -3.97. The van der Waals surface area contributed by atoms with Crippen molar-refractivity contribution in [1.82, 2.24) is 0 Å². The molecule has 1 N–H and O–H groups in total. The van der Waals surface area contributed by atoms with Crippen LogP contribution in [0.5, 0.6) is 0 Å². The molecule has 26 heavy (non-hydrogen) atoms. The number of nitrogens with one attached hydrogen (secondary N) is 1. The molecule has 3 rings (SSSR count). The third kappa shape index (κ3) is 3.55. The lowest BCUT2D eigenvalue weighted by atomic mass is 10.2. The van der Waals surface area contributed by atoms with Crippen molar-refractivity contribution in [1.29, 1.82) is 0 Å². The molecule has 0 spiro atoms. The first-order valence-corrected chi connectivity index (χ1v) is 9.51. The molecule has 2 aromatic rings. The summed E-state index contributed by atoms with van der Waals surface area (Å²) in [5.41, 5.74) is 1.02. The van der Waals surface area contributed by atoms with E-state index in [0.717, 1.165) is 12.1 Å². The number of rotatable bonds is 5. The predicted octanol–water partition coefficient (Wildman–Crippen LogP) is 2.40. The molecule has 0 unspecified atom stereocenters. The van der Waals surface area contributed by atoms with Crippen LogP contribution in [0.4, 0.5) is 11.4 Å².